The van der Waals surface area contributed by atoms with Crippen LogP contribution in [0.3, 0.4) is 0 Å². The van der Waals surface area contributed by atoms with Gasteiger partial charge in [-0.2, -0.15) is 0 Å². The zero-order valence-corrected chi connectivity index (χ0v) is 19.1. The summed E-state index contributed by atoms with van der Waals surface area (Å²) >= 11 is 0. The van der Waals surface area contributed by atoms with E-state index in [1.54, 1.807) is 42.5 Å². The molecular weight excluding hydrogens is 423 g/mol. The number of rotatable bonds is 9. The molecule has 172 valence electrons. The molecular formula is C27H27FO5. The van der Waals surface area contributed by atoms with Gasteiger partial charge < -0.3 is 19.3 Å². The molecule has 3 rings (SSSR count). The molecule has 0 amide bonds. The molecule has 0 aromatic heterocycles. The van der Waals surface area contributed by atoms with Crippen LogP contribution in [-0.4, -0.2) is 31.9 Å². The number of ether oxygens (including phenoxy) is 3. The van der Waals surface area contributed by atoms with Crippen LogP contribution < -0.4 is 14.2 Å². The van der Waals surface area contributed by atoms with Crippen molar-refractivity contribution in [3.05, 3.63) is 77.6 Å². The van der Waals surface area contributed by atoms with Gasteiger partial charge in [-0.3, -0.25) is 0 Å². The largest absolute Gasteiger partial charge is 0.496 e. The zero-order chi connectivity index (χ0) is 24.0. The van der Waals surface area contributed by atoms with E-state index in [0.717, 1.165) is 6.42 Å². The monoisotopic (exact) mass is 450 g/mol. The number of allylic oxidation sites excluding steroid dienone is 1. The average Bonchev–Trinajstić information content (AvgIpc) is 2.81. The van der Waals surface area contributed by atoms with E-state index in [2.05, 4.69) is 6.08 Å². The Morgan fingerprint density at radius 2 is 1.61 bits per heavy atom. The lowest BCUT2D eigenvalue weighted by Gasteiger charge is -2.19. The summed E-state index contributed by atoms with van der Waals surface area (Å²) in [6.45, 7) is 4.63. The highest BCUT2D eigenvalue weighted by molar-refractivity contribution is 6.04. The Morgan fingerprint density at radius 1 is 0.970 bits per heavy atom. The number of hydrogen-bond donors (Lipinski definition) is 1. The van der Waals surface area contributed by atoms with Crippen molar-refractivity contribution in [1.29, 1.82) is 0 Å². The minimum absolute atomic E-state index is 0.0339. The number of halogens is 1. The maximum Gasteiger partial charge on any atom is 0.340 e. The fourth-order valence-corrected chi connectivity index (χ4v) is 3.59. The third-order valence-electron chi connectivity index (χ3n) is 5.12. The van der Waals surface area contributed by atoms with Crippen molar-refractivity contribution in [3.8, 4) is 39.5 Å². The first kappa shape index (κ1) is 23.9. The molecule has 0 spiro atoms. The number of benzene rings is 3. The molecule has 3 aromatic rings. The third kappa shape index (κ3) is 5.52. The van der Waals surface area contributed by atoms with Crippen LogP contribution in [0.25, 0.3) is 22.3 Å². The number of hydrogen-bond acceptors (Lipinski definition) is 4. The summed E-state index contributed by atoms with van der Waals surface area (Å²) in [4.78, 5) is 12.4. The highest BCUT2D eigenvalue weighted by Gasteiger charge is 2.26. The van der Waals surface area contributed by atoms with Crippen molar-refractivity contribution < 1.29 is 28.5 Å². The Balaban J connectivity index is 2.07. The van der Waals surface area contributed by atoms with Gasteiger partial charge in [-0.05, 0) is 61.7 Å². The summed E-state index contributed by atoms with van der Waals surface area (Å²) in [5.74, 6) is -0.322. The fourth-order valence-electron chi connectivity index (χ4n) is 3.59. The first-order valence-electron chi connectivity index (χ1n) is 10.5. The summed E-state index contributed by atoms with van der Waals surface area (Å²) < 4.78 is 30.3. The molecule has 0 saturated heterocycles. The van der Waals surface area contributed by atoms with Crippen molar-refractivity contribution in [3.63, 3.8) is 0 Å². The van der Waals surface area contributed by atoms with Crippen LogP contribution in [0.5, 0.6) is 17.2 Å². The number of methoxy groups -OCH3 is 2. The Labute approximate surface area is 193 Å². The minimum Gasteiger partial charge on any atom is -0.496 e. The van der Waals surface area contributed by atoms with Crippen molar-refractivity contribution in [2.45, 2.75) is 20.3 Å². The molecule has 0 aliphatic rings. The Morgan fingerprint density at radius 3 is 2.15 bits per heavy atom. The van der Waals surface area contributed by atoms with E-state index in [9.17, 15) is 14.3 Å². The third-order valence-corrected chi connectivity index (χ3v) is 5.12. The maximum absolute atomic E-state index is 13.4. The van der Waals surface area contributed by atoms with Gasteiger partial charge in [0, 0.05) is 11.1 Å². The van der Waals surface area contributed by atoms with E-state index in [-0.39, 0.29) is 17.1 Å². The summed E-state index contributed by atoms with van der Waals surface area (Å²) in [5, 5.41) is 10.1. The van der Waals surface area contributed by atoms with Gasteiger partial charge in [0.25, 0.3) is 0 Å². The van der Waals surface area contributed by atoms with Gasteiger partial charge in [0.15, 0.2) is 0 Å². The molecule has 0 aliphatic heterocycles. The molecule has 0 radical (unpaired) electrons. The predicted molar refractivity (Wildman–Crippen MR) is 127 cm³/mol. The van der Waals surface area contributed by atoms with Crippen molar-refractivity contribution >= 4 is 5.97 Å². The predicted octanol–water partition coefficient (Wildman–Crippen LogP) is 6.61. The number of carboxylic acid groups (broad SMARTS) is 1. The number of carbonyl (C=O) groups is 1. The van der Waals surface area contributed by atoms with Gasteiger partial charge in [0.2, 0.25) is 0 Å². The Hall–Kier alpha value is -3.80. The smallest absolute Gasteiger partial charge is 0.340 e. The lowest BCUT2D eigenvalue weighted by atomic mass is 9.92. The van der Waals surface area contributed by atoms with Crippen molar-refractivity contribution in [1.82, 2.24) is 0 Å². The molecule has 1 N–H and O–H groups in total. The number of carboxylic acids is 1. The first-order valence-corrected chi connectivity index (χ1v) is 10.5. The molecule has 0 saturated carbocycles. The van der Waals surface area contributed by atoms with Crippen molar-refractivity contribution in [2.75, 3.05) is 20.8 Å². The summed E-state index contributed by atoms with van der Waals surface area (Å²) in [6, 6.07) is 14.6. The molecule has 6 heteroatoms. The van der Waals surface area contributed by atoms with E-state index in [1.165, 1.54) is 31.9 Å². The second kappa shape index (κ2) is 10.7. The van der Waals surface area contributed by atoms with Crippen LogP contribution in [0.15, 0.2) is 66.2 Å². The maximum atomic E-state index is 13.4. The van der Waals surface area contributed by atoms with Crippen LogP contribution in [0.1, 0.15) is 30.6 Å². The van der Waals surface area contributed by atoms with E-state index in [1.807, 2.05) is 13.8 Å². The molecule has 0 atom stereocenters. The lowest BCUT2D eigenvalue weighted by Crippen LogP contribution is -2.07. The van der Waals surface area contributed by atoms with E-state index in [0.29, 0.717) is 40.4 Å². The molecule has 3 aromatic carbocycles. The van der Waals surface area contributed by atoms with Crippen molar-refractivity contribution in [2.24, 2.45) is 0 Å². The van der Waals surface area contributed by atoms with Crippen LogP contribution >= 0.6 is 0 Å². The van der Waals surface area contributed by atoms with Gasteiger partial charge >= 0.3 is 5.97 Å². The van der Waals surface area contributed by atoms with Crippen LogP contribution in [0.2, 0.25) is 0 Å². The second-order valence-corrected chi connectivity index (χ2v) is 7.66. The minimum atomic E-state index is -1.16. The summed E-state index contributed by atoms with van der Waals surface area (Å²) in [7, 11) is 2.89. The summed E-state index contributed by atoms with van der Waals surface area (Å²) in [6.07, 6.45) is 2.91. The quantitative estimate of drug-likeness (QED) is 0.294. The van der Waals surface area contributed by atoms with Gasteiger partial charge in [-0.15, -0.1) is 0 Å². The molecule has 33 heavy (non-hydrogen) atoms. The normalized spacial score (nSPS) is 10.5. The number of aromatic carboxylic acids is 1. The molecule has 0 unspecified atom stereocenters. The standard InChI is InChI=1S/C27H27FO5/c1-17(2)6-5-15-33-21-13-9-19(10-14-21)24-23(31-3)16-22(18-7-11-20(28)12-8-18)26(32-4)25(24)27(29)30/h6-14,16H,5,15H2,1-4H3,(H,29,30). The highest BCUT2D eigenvalue weighted by atomic mass is 19.1. The fraction of sp³-hybridized carbons (Fsp3) is 0.222. The first-order chi connectivity index (χ1) is 15.8. The topological polar surface area (TPSA) is 65.0 Å². The average molecular weight is 451 g/mol. The van der Waals surface area contributed by atoms with E-state index >= 15 is 0 Å². The van der Waals surface area contributed by atoms with Crippen LogP contribution in [-0.2, 0) is 0 Å². The van der Waals surface area contributed by atoms with Crippen LogP contribution in [0.4, 0.5) is 4.39 Å². The molecule has 5 nitrogen and oxygen atoms in total. The van der Waals surface area contributed by atoms with Gasteiger partial charge in [-0.25, -0.2) is 9.18 Å². The van der Waals surface area contributed by atoms with E-state index in [4.69, 9.17) is 14.2 Å². The second-order valence-electron chi connectivity index (χ2n) is 7.66. The van der Waals surface area contributed by atoms with E-state index < -0.39 is 5.97 Å². The Bertz CT molecular complexity index is 1140. The highest BCUT2D eigenvalue weighted by Crippen LogP contribution is 2.45. The SMILES string of the molecule is COc1cc(-c2ccc(F)cc2)c(OC)c(C(=O)O)c1-c1ccc(OCCC=C(C)C)cc1. The summed E-state index contributed by atoms with van der Waals surface area (Å²) in [5.41, 5.74) is 3.35. The van der Waals surface area contributed by atoms with Crippen LogP contribution in [0, 0.1) is 5.82 Å². The van der Waals surface area contributed by atoms with Gasteiger partial charge in [0.05, 0.1) is 20.8 Å². The lowest BCUT2D eigenvalue weighted by molar-refractivity contribution is 0.0694. The molecule has 0 heterocycles. The van der Waals surface area contributed by atoms with Gasteiger partial charge in [-0.1, -0.05) is 35.9 Å². The Kier molecular flexibility index (Phi) is 7.72. The zero-order valence-electron chi connectivity index (χ0n) is 19.1. The molecule has 0 aliphatic carbocycles. The molecule has 0 bridgehead atoms. The molecule has 0 fully saturated rings. The van der Waals surface area contributed by atoms with Gasteiger partial charge in [0.1, 0.15) is 28.6 Å².